The number of nitrogens with one attached hydrogen (secondary N) is 2. The van der Waals surface area contributed by atoms with Crippen LogP contribution in [0.4, 0.5) is 5.69 Å². The van der Waals surface area contributed by atoms with E-state index in [0.717, 1.165) is 50.2 Å². The van der Waals surface area contributed by atoms with Crippen molar-refractivity contribution in [3.8, 4) is 5.75 Å². The van der Waals surface area contributed by atoms with Crippen molar-refractivity contribution in [3.63, 3.8) is 0 Å². The summed E-state index contributed by atoms with van der Waals surface area (Å²) in [5.74, 6) is 1.58. The number of morpholine rings is 1. The Labute approximate surface area is 186 Å². The molecule has 166 valence electrons. The fraction of sp³-hybridized carbons (Fsp3) is 0.400. The molecule has 1 saturated heterocycles. The standard InChI is InChI=1S/C25H34N4O2/c1-4-13-26-25(28-23-9-11-24(12-10-23)31-20(2)3)27-18-21-7-5-6-8-22(21)19-29-14-16-30-17-15-29/h4-12,20H,1,13-19H2,2-3H3,(H2,26,27,28). The average Bonchev–Trinajstić information content (AvgIpc) is 2.78. The molecule has 0 spiro atoms. The van der Waals surface area contributed by atoms with Crippen molar-refractivity contribution in [3.05, 3.63) is 72.3 Å². The van der Waals surface area contributed by atoms with Gasteiger partial charge in [0.1, 0.15) is 5.75 Å². The maximum Gasteiger partial charge on any atom is 0.196 e. The Kier molecular flexibility index (Phi) is 8.94. The Morgan fingerprint density at radius 2 is 1.84 bits per heavy atom. The summed E-state index contributed by atoms with van der Waals surface area (Å²) in [5.41, 5.74) is 3.49. The van der Waals surface area contributed by atoms with Gasteiger partial charge in [-0.15, -0.1) is 6.58 Å². The lowest BCUT2D eigenvalue weighted by atomic mass is 10.1. The number of nitrogens with zero attached hydrogens (tertiary/aromatic N) is 2. The summed E-state index contributed by atoms with van der Waals surface area (Å²) in [6, 6.07) is 16.4. The van der Waals surface area contributed by atoms with Crippen molar-refractivity contribution < 1.29 is 9.47 Å². The molecule has 0 bridgehead atoms. The number of hydrogen-bond donors (Lipinski definition) is 2. The quantitative estimate of drug-likeness (QED) is 0.363. The van der Waals surface area contributed by atoms with Gasteiger partial charge in [0.25, 0.3) is 0 Å². The van der Waals surface area contributed by atoms with Crippen molar-refractivity contribution >= 4 is 11.6 Å². The molecule has 1 aliphatic heterocycles. The minimum absolute atomic E-state index is 0.155. The van der Waals surface area contributed by atoms with Crippen LogP contribution in [0.3, 0.4) is 0 Å². The molecule has 0 aliphatic carbocycles. The molecular formula is C25H34N4O2. The fourth-order valence-electron chi connectivity index (χ4n) is 3.36. The molecule has 0 amide bonds. The highest BCUT2D eigenvalue weighted by Crippen LogP contribution is 2.17. The Bertz CT molecular complexity index is 843. The van der Waals surface area contributed by atoms with Gasteiger partial charge >= 0.3 is 0 Å². The smallest absolute Gasteiger partial charge is 0.196 e. The Hall–Kier alpha value is -2.83. The summed E-state index contributed by atoms with van der Waals surface area (Å²) in [6.45, 7) is 13.6. The first-order valence-corrected chi connectivity index (χ1v) is 10.9. The largest absolute Gasteiger partial charge is 0.491 e. The summed E-state index contributed by atoms with van der Waals surface area (Å²) in [4.78, 5) is 7.26. The fourth-order valence-corrected chi connectivity index (χ4v) is 3.36. The van der Waals surface area contributed by atoms with Gasteiger partial charge in [-0.1, -0.05) is 30.3 Å². The van der Waals surface area contributed by atoms with E-state index < -0.39 is 0 Å². The molecule has 0 aromatic heterocycles. The predicted octanol–water partition coefficient (Wildman–Crippen LogP) is 4.05. The molecule has 0 saturated carbocycles. The van der Waals surface area contributed by atoms with E-state index >= 15 is 0 Å². The third-order valence-electron chi connectivity index (χ3n) is 4.93. The van der Waals surface area contributed by atoms with Gasteiger partial charge in [-0.2, -0.15) is 0 Å². The Balaban J connectivity index is 1.68. The summed E-state index contributed by atoms with van der Waals surface area (Å²) in [5, 5.41) is 6.67. The monoisotopic (exact) mass is 422 g/mol. The van der Waals surface area contributed by atoms with Crippen LogP contribution in [-0.4, -0.2) is 49.8 Å². The lowest BCUT2D eigenvalue weighted by Gasteiger charge is -2.27. The molecule has 1 aliphatic rings. The van der Waals surface area contributed by atoms with Gasteiger partial charge in [-0.25, -0.2) is 4.99 Å². The van der Waals surface area contributed by atoms with Crippen LogP contribution in [0, 0.1) is 0 Å². The maximum atomic E-state index is 5.72. The van der Waals surface area contributed by atoms with Crippen LogP contribution in [-0.2, 0) is 17.8 Å². The first-order valence-electron chi connectivity index (χ1n) is 10.9. The van der Waals surface area contributed by atoms with Gasteiger partial charge in [0.15, 0.2) is 5.96 Å². The van der Waals surface area contributed by atoms with Crippen LogP contribution in [0.2, 0.25) is 0 Å². The Morgan fingerprint density at radius 1 is 1.13 bits per heavy atom. The molecular weight excluding hydrogens is 388 g/mol. The highest BCUT2D eigenvalue weighted by Gasteiger charge is 2.12. The van der Waals surface area contributed by atoms with E-state index in [4.69, 9.17) is 14.5 Å². The summed E-state index contributed by atoms with van der Waals surface area (Å²) in [7, 11) is 0. The van der Waals surface area contributed by atoms with Gasteiger partial charge in [0.05, 0.1) is 25.9 Å². The molecule has 2 N–H and O–H groups in total. The van der Waals surface area contributed by atoms with Gasteiger partial charge in [0, 0.05) is 31.9 Å². The third kappa shape index (κ3) is 7.74. The van der Waals surface area contributed by atoms with Crippen molar-refractivity contribution in [1.82, 2.24) is 10.2 Å². The lowest BCUT2D eigenvalue weighted by molar-refractivity contribution is 0.0341. The van der Waals surface area contributed by atoms with Gasteiger partial charge in [-0.05, 0) is 49.2 Å². The van der Waals surface area contributed by atoms with E-state index in [1.165, 1.54) is 11.1 Å². The highest BCUT2D eigenvalue weighted by molar-refractivity contribution is 5.93. The van der Waals surface area contributed by atoms with Gasteiger partial charge < -0.3 is 20.1 Å². The molecule has 1 fully saturated rings. The van der Waals surface area contributed by atoms with Crippen LogP contribution in [0.5, 0.6) is 5.75 Å². The van der Waals surface area contributed by atoms with Gasteiger partial charge in [-0.3, -0.25) is 4.90 Å². The molecule has 1 heterocycles. The van der Waals surface area contributed by atoms with E-state index in [1.54, 1.807) is 0 Å². The first kappa shape index (κ1) is 22.8. The Morgan fingerprint density at radius 3 is 2.52 bits per heavy atom. The number of anilines is 1. The number of rotatable bonds is 9. The average molecular weight is 423 g/mol. The molecule has 31 heavy (non-hydrogen) atoms. The predicted molar refractivity (Wildman–Crippen MR) is 128 cm³/mol. The molecule has 0 atom stereocenters. The van der Waals surface area contributed by atoms with E-state index in [-0.39, 0.29) is 6.10 Å². The second-order valence-electron chi connectivity index (χ2n) is 7.81. The molecule has 0 unspecified atom stereocenters. The van der Waals surface area contributed by atoms with Crippen LogP contribution < -0.4 is 15.4 Å². The van der Waals surface area contributed by atoms with Crippen LogP contribution >= 0.6 is 0 Å². The second kappa shape index (κ2) is 12.1. The zero-order chi connectivity index (χ0) is 21.9. The van der Waals surface area contributed by atoms with Crippen molar-refractivity contribution in [2.75, 3.05) is 38.2 Å². The number of guanidine groups is 1. The summed E-state index contributed by atoms with van der Waals surface area (Å²) >= 11 is 0. The molecule has 6 heteroatoms. The number of aliphatic imine (C=N–C) groups is 1. The zero-order valence-electron chi connectivity index (χ0n) is 18.6. The number of hydrogen-bond acceptors (Lipinski definition) is 4. The minimum atomic E-state index is 0.155. The molecule has 6 nitrogen and oxygen atoms in total. The zero-order valence-corrected chi connectivity index (χ0v) is 18.6. The normalized spacial score (nSPS) is 15.0. The van der Waals surface area contributed by atoms with Crippen LogP contribution in [0.1, 0.15) is 25.0 Å². The number of ether oxygens (including phenoxy) is 2. The summed E-state index contributed by atoms with van der Waals surface area (Å²) < 4.78 is 11.2. The molecule has 2 aromatic rings. The molecule has 0 radical (unpaired) electrons. The van der Waals surface area contributed by atoms with E-state index in [9.17, 15) is 0 Å². The minimum Gasteiger partial charge on any atom is -0.491 e. The van der Waals surface area contributed by atoms with Gasteiger partial charge in [0.2, 0.25) is 0 Å². The third-order valence-corrected chi connectivity index (χ3v) is 4.93. The second-order valence-corrected chi connectivity index (χ2v) is 7.81. The van der Waals surface area contributed by atoms with Crippen LogP contribution in [0.25, 0.3) is 0 Å². The first-order chi connectivity index (χ1) is 15.1. The molecule has 2 aromatic carbocycles. The SMILES string of the molecule is C=CCNC(=NCc1ccccc1CN1CCOCC1)Nc1ccc(OC(C)C)cc1. The maximum absolute atomic E-state index is 5.72. The van der Waals surface area contributed by atoms with Crippen molar-refractivity contribution in [2.24, 2.45) is 4.99 Å². The van der Waals surface area contributed by atoms with Crippen LogP contribution in [0.15, 0.2) is 66.2 Å². The van der Waals surface area contributed by atoms with E-state index in [0.29, 0.717) is 13.1 Å². The van der Waals surface area contributed by atoms with E-state index in [2.05, 4.69) is 46.4 Å². The lowest BCUT2D eigenvalue weighted by Crippen LogP contribution is -2.35. The van der Waals surface area contributed by atoms with Crippen molar-refractivity contribution in [2.45, 2.75) is 33.0 Å². The van der Waals surface area contributed by atoms with E-state index in [1.807, 2.05) is 44.2 Å². The highest BCUT2D eigenvalue weighted by atomic mass is 16.5. The topological polar surface area (TPSA) is 58.1 Å². The summed E-state index contributed by atoms with van der Waals surface area (Å²) in [6.07, 6.45) is 1.98. The molecule has 3 rings (SSSR count). The number of benzene rings is 2. The van der Waals surface area contributed by atoms with Crippen molar-refractivity contribution in [1.29, 1.82) is 0 Å².